The molecule has 3 N–H and O–H groups in total. The van der Waals surface area contributed by atoms with Crippen LogP contribution in [0, 0.1) is 0 Å². The molecule has 0 aliphatic carbocycles. The van der Waals surface area contributed by atoms with Crippen molar-refractivity contribution >= 4 is 39.5 Å². The molecular weight excluding hydrogens is 1390 g/mol. The zero-order valence-corrected chi connectivity index (χ0v) is 71.9. The van der Waals surface area contributed by atoms with Crippen molar-refractivity contribution in [3.63, 3.8) is 0 Å². The number of phosphoric acid groups is 2. The van der Waals surface area contributed by atoms with Gasteiger partial charge >= 0.3 is 39.5 Å². The summed E-state index contributed by atoms with van der Waals surface area (Å²) in [5.41, 5.74) is 0. The topological polar surface area (TPSA) is 237 Å². The van der Waals surface area contributed by atoms with E-state index < -0.39 is 97.5 Å². The maximum atomic E-state index is 13.2. The van der Waals surface area contributed by atoms with Gasteiger partial charge in [0.1, 0.15) is 19.3 Å². The van der Waals surface area contributed by atoms with Crippen molar-refractivity contribution in [3.8, 4) is 0 Å². The maximum Gasteiger partial charge on any atom is 0.472 e. The number of phosphoric ester groups is 2. The first-order chi connectivity index (χ1) is 52.2. The van der Waals surface area contributed by atoms with Crippen LogP contribution in [-0.4, -0.2) is 96.7 Å². The normalized spacial score (nSPS) is 13.7. The summed E-state index contributed by atoms with van der Waals surface area (Å²) in [6, 6.07) is 0. The molecule has 0 bridgehead atoms. The highest BCUT2D eigenvalue weighted by Gasteiger charge is 2.30. The largest absolute Gasteiger partial charge is 0.472 e. The Kier molecular flexibility index (Phi) is 80.6. The molecule has 0 aromatic carbocycles. The van der Waals surface area contributed by atoms with Crippen LogP contribution in [0.5, 0.6) is 0 Å². The van der Waals surface area contributed by atoms with Gasteiger partial charge in [-0.15, -0.1) is 0 Å². The molecule has 0 amide bonds. The molecule has 5 atom stereocenters. The van der Waals surface area contributed by atoms with E-state index in [1.54, 1.807) is 0 Å². The van der Waals surface area contributed by atoms with Gasteiger partial charge in [0.2, 0.25) is 0 Å². The molecule has 0 aliphatic heterocycles. The number of ether oxygens (including phenoxy) is 4. The number of rotatable bonds is 89. The number of aliphatic hydroxyl groups is 1. The molecule has 0 spiro atoms. The van der Waals surface area contributed by atoms with Crippen molar-refractivity contribution in [2.75, 3.05) is 39.6 Å². The zero-order chi connectivity index (χ0) is 78.1. The molecule has 636 valence electrons. The average Bonchev–Trinajstić information content (AvgIpc) is 0.901. The summed E-state index contributed by atoms with van der Waals surface area (Å²) in [7, 11) is -9.93. The minimum Gasteiger partial charge on any atom is -0.462 e. The second kappa shape index (κ2) is 82.1. The summed E-state index contributed by atoms with van der Waals surface area (Å²) in [4.78, 5) is 73.3. The van der Waals surface area contributed by atoms with E-state index in [0.717, 1.165) is 89.9 Å². The maximum absolute atomic E-state index is 13.2. The Morgan fingerprint density at radius 3 is 0.551 bits per heavy atom. The standard InChI is InChI=1S/C88H172O17P2/c1-5-9-13-17-21-25-29-32-35-37-39-41-42-44-46-48-51-55-59-63-67-71-75-88(93)105-84(79-99-86(91)73-69-65-61-57-53-50-47-45-43-40-38-36-33-30-26-22-18-14-10-6-2)81-103-107(96,97)101-77-82(89)76-100-106(94,95)102-80-83(78-98-85(90)72-68-64-60-56-52-28-24-20-16-12-8-4)104-87(92)74-70-66-62-58-54-49-34-31-27-23-19-15-11-7-3/h82-84,89H,5-81H2,1-4H3,(H,94,95)(H,96,97)/t82-,83+,84+/m0/s1. The number of aliphatic hydroxyl groups excluding tert-OH is 1. The van der Waals surface area contributed by atoms with Crippen molar-refractivity contribution in [1.82, 2.24) is 0 Å². The lowest BCUT2D eigenvalue weighted by atomic mass is 10.0. The number of hydrogen-bond acceptors (Lipinski definition) is 15. The molecular formula is C88H172O17P2. The van der Waals surface area contributed by atoms with Gasteiger partial charge in [0.15, 0.2) is 12.2 Å². The number of hydrogen-bond donors (Lipinski definition) is 3. The Labute approximate surface area is 658 Å². The molecule has 0 radical (unpaired) electrons. The van der Waals surface area contributed by atoms with Crippen LogP contribution in [0.25, 0.3) is 0 Å². The molecule has 0 aromatic heterocycles. The first kappa shape index (κ1) is 105. The van der Waals surface area contributed by atoms with Crippen LogP contribution in [-0.2, 0) is 65.4 Å². The minimum absolute atomic E-state index is 0.109. The second-order valence-corrected chi connectivity index (χ2v) is 34.5. The molecule has 0 fully saturated rings. The first-order valence-corrected chi connectivity index (χ1v) is 48.8. The Morgan fingerprint density at radius 1 is 0.224 bits per heavy atom. The minimum atomic E-state index is -4.97. The summed E-state index contributed by atoms with van der Waals surface area (Å²) < 4.78 is 68.9. The summed E-state index contributed by atoms with van der Waals surface area (Å²) in [5.74, 6) is -2.10. The number of carbonyl (C=O) groups excluding carboxylic acids is 4. The quantitative estimate of drug-likeness (QED) is 0.0222. The summed E-state index contributed by atoms with van der Waals surface area (Å²) >= 11 is 0. The van der Waals surface area contributed by atoms with E-state index in [1.165, 1.54) is 315 Å². The number of carbonyl (C=O) groups is 4. The summed E-state index contributed by atoms with van der Waals surface area (Å²) in [5, 5.41) is 10.7. The van der Waals surface area contributed by atoms with Crippen LogP contribution >= 0.6 is 15.6 Å². The summed E-state index contributed by atoms with van der Waals surface area (Å²) in [6.45, 7) is 5.06. The fourth-order valence-corrected chi connectivity index (χ4v) is 15.5. The van der Waals surface area contributed by atoms with E-state index in [1.807, 2.05) is 0 Å². The van der Waals surface area contributed by atoms with Gasteiger partial charge in [0, 0.05) is 25.7 Å². The molecule has 107 heavy (non-hydrogen) atoms. The third-order valence-corrected chi connectivity index (χ3v) is 22.8. The van der Waals surface area contributed by atoms with E-state index >= 15 is 0 Å². The summed E-state index contributed by atoms with van der Waals surface area (Å²) in [6.07, 6.45) is 77.9. The third kappa shape index (κ3) is 81.9. The molecule has 0 saturated heterocycles. The molecule has 0 aliphatic rings. The van der Waals surface area contributed by atoms with Crippen LogP contribution in [0.3, 0.4) is 0 Å². The van der Waals surface area contributed by atoms with Gasteiger partial charge in [0.05, 0.1) is 26.4 Å². The van der Waals surface area contributed by atoms with Crippen LogP contribution in [0.1, 0.15) is 484 Å². The Morgan fingerprint density at radius 2 is 0.374 bits per heavy atom. The van der Waals surface area contributed by atoms with Gasteiger partial charge in [-0.05, 0) is 25.7 Å². The molecule has 2 unspecified atom stereocenters. The monoisotopic (exact) mass is 1560 g/mol. The lowest BCUT2D eigenvalue weighted by molar-refractivity contribution is -0.161. The van der Waals surface area contributed by atoms with Crippen molar-refractivity contribution < 1.29 is 80.2 Å². The molecule has 17 nitrogen and oxygen atoms in total. The molecule has 0 heterocycles. The Balaban J connectivity index is 5.21. The van der Waals surface area contributed by atoms with E-state index in [2.05, 4.69) is 27.7 Å². The average molecular weight is 1560 g/mol. The van der Waals surface area contributed by atoms with Gasteiger partial charge in [0.25, 0.3) is 0 Å². The third-order valence-electron chi connectivity index (χ3n) is 20.9. The molecule has 19 heteroatoms. The van der Waals surface area contributed by atoms with Crippen LogP contribution in [0.15, 0.2) is 0 Å². The van der Waals surface area contributed by atoms with Crippen molar-refractivity contribution in [2.24, 2.45) is 0 Å². The van der Waals surface area contributed by atoms with Crippen LogP contribution < -0.4 is 0 Å². The zero-order valence-electron chi connectivity index (χ0n) is 70.1. The van der Waals surface area contributed by atoms with E-state index in [4.69, 9.17) is 37.0 Å². The van der Waals surface area contributed by atoms with Crippen molar-refractivity contribution in [3.05, 3.63) is 0 Å². The Hall–Kier alpha value is -1.94. The van der Waals surface area contributed by atoms with Crippen molar-refractivity contribution in [1.29, 1.82) is 0 Å². The van der Waals surface area contributed by atoms with Gasteiger partial charge in [-0.3, -0.25) is 37.3 Å². The van der Waals surface area contributed by atoms with Gasteiger partial charge in [-0.25, -0.2) is 9.13 Å². The van der Waals surface area contributed by atoms with Gasteiger partial charge in [-0.1, -0.05) is 432 Å². The predicted molar refractivity (Wildman–Crippen MR) is 442 cm³/mol. The molecule has 0 rings (SSSR count). The van der Waals surface area contributed by atoms with Gasteiger partial charge < -0.3 is 33.8 Å². The highest BCUT2D eigenvalue weighted by molar-refractivity contribution is 7.47. The number of unbranched alkanes of at least 4 members (excludes halogenated alkanes) is 63. The lowest BCUT2D eigenvalue weighted by Crippen LogP contribution is -2.30. The van der Waals surface area contributed by atoms with E-state index in [9.17, 15) is 43.2 Å². The molecule has 0 saturated carbocycles. The number of esters is 4. The van der Waals surface area contributed by atoms with Gasteiger partial charge in [-0.2, -0.15) is 0 Å². The fourth-order valence-electron chi connectivity index (χ4n) is 13.9. The first-order valence-electron chi connectivity index (χ1n) is 45.8. The van der Waals surface area contributed by atoms with Crippen LogP contribution in [0.2, 0.25) is 0 Å². The molecule has 0 aromatic rings. The van der Waals surface area contributed by atoms with Crippen molar-refractivity contribution in [2.45, 2.75) is 502 Å². The predicted octanol–water partition coefficient (Wildman–Crippen LogP) is 27.3. The second-order valence-electron chi connectivity index (χ2n) is 31.6. The highest BCUT2D eigenvalue weighted by Crippen LogP contribution is 2.45. The van der Waals surface area contributed by atoms with E-state index in [0.29, 0.717) is 25.7 Å². The fraction of sp³-hybridized carbons (Fsp3) is 0.955. The smallest absolute Gasteiger partial charge is 0.462 e. The lowest BCUT2D eigenvalue weighted by Gasteiger charge is -2.21. The van der Waals surface area contributed by atoms with Crippen LogP contribution in [0.4, 0.5) is 0 Å². The SMILES string of the molecule is CCCCCCCCCCCCCCCCCCCCCCCCC(=O)O[C@H](COC(=O)CCCCCCCCCCCCCCCCCCCCCC)COP(=O)(O)OC[C@@H](O)COP(=O)(O)OC[C@@H](COC(=O)CCCCCCCCCCCCC)OC(=O)CCCCCCCCCCCCCCCC. The van der Waals surface area contributed by atoms with E-state index in [-0.39, 0.29) is 25.7 Å². The highest BCUT2D eigenvalue weighted by atomic mass is 31.2. The Bertz CT molecular complexity index is 2020.